The van der Waals surface area contributed by atoms with Crippen LogP contribution in [0.3, 0.4) is 0 Å². The van der Waals surface area contributed by atoms with Gasteiger partial charge in [0.25, 0.3) is 0 Å². The van der Waals surface area contributed by atoms with E-state index in [9.17, 15) is 14.7 Å². The van der Waals surface area contributed by atoms with Crippen molar-refractivity contribution in [3.63, 3.8) is 0 Å². The van der Waals surface area contributed by atoms with E-state index in [-0.39, 0.29) is 12.5 Å². The molecule has 0 spiro atoms. The summed E-state index contributed by atoms with van der Waals surface area (Å²) in [4.78, 5) is 25.1. The number of nitrogens with zero attached hydrogens (tertiary/aromatic N) is 1. The van der Waals surface area contributed by atoms with Crippen molar-refractivity contribution in [3.8, 4) is 0 Å². The minimum atomic E-state index is -0.818. The third kappa shape index (κ3) is 3.45. The topological polar surface area (TPSA) is 57.6 Å². The van der Waals surface area contributed by atoms with E-state index < -0.39 is 11.4 Å². The van der Waals surface area contributed by atoms with E-state index in [2.05, 4.69) is 0 Å². The molecule has 112 valence electrons. The van der Waals surface area contributed by atoms with Crippen LogP contribution in [0.25, 0.3) is 6.08 Å². The zero-order valence-electron chi connectivity index (χ0n) is 11.9. The van der Waals surface area contributed by atoms with Gasteiger partial charge in [-0.15, -0.1) is 0 Å². The molecule has 0 bridgehead atoms. The van der Waals surface area contributed by atoms with E-state index in [0.717, 1.165) is 5.56 Å². The summed E-state index contributed by atoms with van der Waals surface area (Å²) in [6.07, 6.45) is 4.24. The lowest BCUT2D eigenvalue weighted by molar-refractivity contribution is -0.148. The van der Waals surface area contributed by atoms with Gasteiger partial charge in [-0.1, -0.05) is 30.7 Å². The fourth-order valence-corrected chi connectivity index (χ4v) is 2.65. The fraction of sp³-hybridized carbons (Fsp3) is 0.375. The van der Waals surface area contributed by atoms with Crippen LogP contribution in [0.4, 0.5) is 0 Å². The van der Waals surface area contributed by atoms with Crippen LogP contribution < -0.4 is 0 Å². The number of carbonyl (C=O) groups is 2. The van der Waals surface area contributed by atoms with Crippen LogP contribution in [0, 0.1) is 5.41 Å². The highest BCUT2D eigenvalue weighted by Gasteiger charge is 2.44. The number of aliphatic carboxylic acids is 1. The molecule has 1 N–H and O–H groups in total. The lowest BCUT2D eigenvalue weighted by Gasteiger charge is -2.22. The maximum Gasteiger partial charge on any atom is 0.311 e. The molecule has 2 rings (SSSR count). The van der Waals surface area contributed by atoms with Gasteiger partial charge in [0.2, 0.25) is 5.91 Å². The van der Waals surface area contributed by atoms with E-state index in [1.807, 2.05) is 19.1 Å². The summed E-state index contributed by atoms with van der Waals surface area (Å²) in [5.74, 6) is -0.969. The lowest BCUT2D eigenvalue weighted by Crippen LogP contribution is -2.35. The maximum atomic E-state index is 12.1. The highest BCUT2D eigenvalue weighted by atomic mass is 35.5. The first-order valence-electron chi connectivity index (χ1n) is 6.93. The average Bonchev–Trinajstić information content (AvgIpc) is 2.92. The maximum absolute atomic E-state index is 12.1. The van der Waals surface area contributed by atoms with Crippen molar-refractivity contribution in [1.29, 1.82) is 0 Å². The third-order valence-electron chi connectivity index (χ3n) is 4.08. The van der Waals surface area contributed by atoms with Gasteiger partial charge in [0.15, 0.2) is 0 Å². The summed E-state index contributed by atoms with van der Waals surface area (Å²) >= 11 is 5.80. The number of halogens is 1. The largest absolute Gasteiger partial charge is 0.481 e. The molecule has 1 fully saturated rings. The van der Waals surface area contributed by atoms with Gasteiger partial charge in [0.1, 0.15) is 0 Å². The number of benzene rings is 1. The Morgan fingerprint density at radius 3 is 2.57 bits per heavy atom. The molecular formula is C16H18ClNO3. The lowest BCUT2D eigenvalue weighted by atomic mass is 9.84. The number of carboxylic acid groups (broad SMARTS) is 1. The molecule has 1 unspecified atom stereocenters. The van der Waals surface area contributed by atoms with Crippen LogP contribution >= 0.6 is 11.6 Å². The number of carbonyl (C=O) groups excluding carboxylic acids is 1. The quantitative estimate of drug-likeness (QED) is 0.870. The van der Waals surface area contributed by atoms with Gasteiger partial charge >= 0.3 is 5.97 Å². The Kier molecular flexibility index (Phi) is 4.68. The Hall–Kier alpha value is -1.81. The third-order valence-corrected chi connectivity index (χ3v) is 4.34. The minimum Gasteiger partial charge on any atom is -0.481 e. The standard InChI is InChI=1S/C16H18ClNO3/c1-2-16(15(20)21)9-10-18(11-16)14(19)8-5-12-3-6-13(17)7-4-12/h3-8H,2,9-11H2,1H3,(H,20,21). The van der Waals surface area contributed by atoms with Crippen LogP contribution in [0.1, 0.15) is 25.3 Å². The summed E-state index contributed by atoms with van der Waals surface area (Å²) in [7, 11) is 0. The highest BCUT2D eigenvalue weighted by molar-refractivity contribution is 6.30. The molecule has 1 aromatic carbocycles. The number of amides is 1. The molecule has 0 radical (unpaired) electrons. The van der Waals surface area contributed by atoms with Crippen LogP contribution in [0.5, 0.6) is 0 Å². The van der Waals surface area contributed by atoms with Crippen LogP contribution in [0.2, 0.25) is 5.02 Å². The first kappa shape index (κ1) is 15.6. The monoisotopic (exact) mass is 307 g/mol. The molecule has 1 saturated heterocycles. The van der Waals surface area contributed by atoms with E-state index >= 15 is 0 Å². The number of carboxylic acids is 1. The van der Waals surface area contributed by atoms with Crippen LogP contribution in [-0.2, 0) is 9.59 Å². The van der Waals surface area contributed by atoms with Gasteiger partial charge in [-0.25, -0.2) is 0 Å². The predicted octanol–water partition coefficient (Wildman–Crippen LogP) is 3.07. The second-order valence-electron chi connectivity index (χ2n) is 5.33. The molecule has 4 nitrogen and oxygen atoms in total. The Morgan fingerprint density at radius 2 is 2.05 bits per heavy atom. The molecule has 0 aliphatic carbocycles. The molecule has 5 heteroatoms. The zero-order chi connectivity index (χ0) is 15.5. The Balaban J connectivity index is 2.02. The van der Waals surface area contributed by atoms with Gasteiger partial charge in [0, 0.05) is 24.2 Å². The molecule has 0 aromatic heterocycles. The number of likely N-dealkylation sites (tertiary alicyclic amines) is 1. The van der Waals surface area contributed by atoms with Crippen molar-refractivity contribution in [2.24, 2.45) is 5.41 Å². The molecule has 0 saturated carbocycles. The van der Waals surface area contributed by atoms with E-state index in [0.29, 0.717) is 24.4 Å². The second-order valence-corrected chi connectivity index (χ2v) is 5.77. The summed E-state index contributed by atoms with van der Waals surface area (Å²) in [6.45, 7) is 2.62. The van der Waals surface area contributed by atoms with Gasteiger partial charge in [0.05, 0.1) is 5.41 Å². The molecule has 1 atom stereocenters. The van der Waals surface area contributed by atoms with E-state index in [4.69, 9.17) is 11.6 Å². The fourth-order valence-electron chi connectivity index (χ4n) is 2.52. The van der Waals surface area contributed by atoms with Crippen molar-refractivity contribution in [3.05, 3.63) is 40.9 Å². The van der Waals surface area contributed by atoms with Crippen LogP contribution in [0.15, 0.2) is 30.3 Å². The Labute approximate surface area is 129 Å². The summed E-state index contributed by atoms with van der Waals surface area (Å²) in [5, 5.41) is 9.97. The first-order valence-corrected chi connectivity index (χ1v) is 7.30. The molecule has 1 amide bonds. The first-order chi connectivity index (χ1) is 9.97. The molecular weight excluding hydrogens is 290 g/mol. The molecule has 1 aromatic rings. The smallest absolute Gasteiger partial charge is 0.311 e. The highest BCUT2D eigenvalue weighted by Crippen LogP contribution is 2.34. The average molecular weight is 308 g/mol. The van der Waals surface area contributed by atoms with Gasteiger partial charge in [-0.2, -0.15) is 0 Å². The molecule has 1 heterocycles. The Morgan fingerprint density at radius 1 is 1.38 bits per heavy atom. The normalized spacial score (nSPS) is 21.9. The second kappa shape index (κ2) is 6.31. The number of hydrogen-bond donors (Lipinski definition) is 1. The Bertz CT molecular complexity index is 567. The van der Waals surface area contributed by atoms with Crippen molar-refractivity contribution in [1.82, 2.24) is 4.90 Å². The number of hydrogen-bond acceptors (Lipinski definition) is 2. The van der Waals surface area contributed by atoms with Gasteiger partial charge < -0.3 is 10.0 Å². The number of rotatable bonds is 4. The molecule has 1 aliphatic rings. The van der Waals surface area contributed by atoms with E-state index in [1.165, 1.54) is 6.08 Å². The van der Waals surface area contributed by atoms with Crippen molar-refractivity contribution >= 4 is 29.6 Å². The summed E-state index contributed by atoms with van der Waals surface area (Å²) in [6, 6.07) is 7.16. The van der Waals surface area contributed by atoms with Crippen molar-refractivity contribution in [2.45, 2.75) is 19.8 Å². The van der Waals surface area contributed by atoms with Crippen molar-refractivity contribution < 1.29 is 14.7 Å². The van der Waals surface area contributed by atoms with Gasteiger partial charge in [-0.3, -0.25) is 9.59 Å². The van der Waals surface area contributed by atoms with E-state index in [1.54, 1.807) is 23.1 Å². The van der Waals surface area contributed by atoms with Gasteiger partial charge in [-0.05, 0) is 36.6 Å². The molecule has 1 aliphatic heterocycles. The van der Waals surface area contributed by atoms with Crippen molar-refractivity contribution in [2.75, 3.05) is 13.1 Å². The predicted molar refractivity (Wildman–Crippen MR) is 82.0 cm³/mol. The summed E-state index contributed by atoms with van der Waals surface area (Å²) < 4.78 is 0. The SMILES string of the molecule is CCC1(C(=O)O)CCN(C(=O)C=Cc2ccc(Cl)cc2)C1. The molecule has 21 heavy (non-hydrogen) atoms. The zero-order valence-corrected chi connectivity index (χ0v) is 12.6. The minimum absolute atomic E-state index is 0.151. The summed E-state index contributed by atoms with van der Waals surface area (Å²) in [5.41, 5.74) is 0.0935. The van der Waals surface area contributed by atoms with Crippen LogP contribution in [-0.4, -0.2) is 35.0 Å².